The zero-order chi connectivity index (χ0) is 25.6. The summed E-state index contributed by atoms with van der Waals surface area (Å²) in [5.74, 6) is 1.79. The molecule has 35 heavy (non-hydrogen) atoms. The first-order valence-electron chi connectivity index (χ1n) is 12.2. The minimum Gasteiger partial charge on any atom is -0.384 e. The van der Waals surface area contributed by atoms with Gasteiger partial charge < -0.3 is 20.7 Å². The summed E-state index contributed by atoms with van der Waals surface area (Å²) in [5, 5.41) is 3.43. The largest absolute Gasteiger partial charge is 0.384 e. The highest BCUT2D eigenvalue weighted by Crippen LogP contribution is 2.50. The van der Waals surface area contributed by atoms with Crippen LogP contribution in [-0.4, -0.2) is 49.2 Å². The Balaban J connectivity index is 2.15. The molecule has 1 aromatic rings. The van der Waals surface area contributed by atoms with Crippen LogP contribution in [-0.2, 0) is 4.74 Å². The van der Waals surface area contributed by atoms with Crippen LogP contribution in [0.3, 0.4) is 0 Å². The predicted molar refractivity (Wildman–Crippen MR) is 148 cm³/mol. The molecule has 0 aromatic heterocycles. The minimum atomic E-state index is -0.265. The number of nitrogens with zero attached hydrogens (tertiary/aromatic N) is 4. The number of nitrogens with one attached hydrogen (secondary N) is 1. The molecule has 1 aromatic carbocycles. The van der Waals surface area contributed by atoms with E-state index in [4.69, 9.17) is 15.5 Å². The molecule has 7 heteroatoms. The molecule has 2 aliphatic heterocycles. The van der Waals surface area contributed by atoms with Gasteiger partial charge in [0.2, 0.25) is 0 Å². The van der Waals surface area contributed by atoms with Crippen molar-refractivity contribution in [2.24, 2.45) is 31.5 Å². The van der Waals surface area contributed by atoms with Gasteiger partial charge in [-0.15, -0.1) is 0 Å². The number of allylic oxidation sites excluding steroid dienone is 1. The summed E-state index contributed by atoms with van der Waals surface area (Å²) in [6, 6.07) is 8.35. The van der Waals surface area contributed by atoms with E-state index in [1.165, 1.54) is 5.56 Å². The molecule has 188 valence electrons. The van der Waals surface area contributed by atoms with Gasteiger partial charge in [-0.1, -0.05) is 45.6 Å². The number of amidine groups is 2. The van der Waals surface area contributed by atoms with Gasteiger partial charge in [0.25, 0.3) is 0 Å². The van der Waals surface area contributed by atoms with Crippen LogP contribution in [0.4, 0.5) is 5.69 Å². The normalized spacial score (nSPS) is 27.1. The van der Waals surface area contributed by atoms with Crippen LogP contribution >= 0.6 is 0 Å². The van der Waals surface area contributed by atoms with Gasteiger partial charge in [0.05, 0.1) is 6.61 Å². The number of rotatable bonds is 6. The van der Waals surface area contributed by atoms with Crippen LogP contribution in [0, 0.1) is 17.8 Å². The molecule has 0 radical (unpaired) electrons. The molecule has 7 nitrogen and oxygen atoms in total. The summed E-state index contributed by atoms with van der Waals surface area (Å²) in [4.78, 5) is 16.1. The fraction of sp³-hybridized carbons (Fsp3) is 0.464. The number of fused-ring (bicyclic) bond motifs is 1. The molecule has 0 amide bonds. The molecule has 0 saturated carbocycles. The molecule has 2 saturated heterocycles. The second-order valence-corrected chi connectivity index (χ2v) is 10.3. The molecule has 3 rings (SSSR count). The lowest BCUT2D eigenvalue weighted by Gasteiger charge is -2.42. The maximum Gasteiger partial charge on any atom is 0.136 e. The highest BCUT2D eigenvalue weighted by molar-refractivity contribution is 6.15. The van der Waals surface area contributed by atoms with Crippen molar-refractivity contribution in [1.29, 1.82) is 0 Å². The summed E-state index contributed by atoms with van der Waals surface area (Å²) < 4.78 is 6.06. The first-order chi connectivity index (χ1) is 16.6. The molecule has 0 spiro atoms. The predicted octanol–water partition coefficient (Wildman–Crippen LogP) is 5.28. The van der Waals surface area contributed by atoms with Crippen molar-refractivity contribution in [3.63, 3.8) is 0 Å². The van der Waals surface area contributed by atoms with E-state index in [0.29, 0.717) is 19.9 Å². The average Bonchev–Trinajstić information content (AvgIpc) is 2.98. The van der Waals surface area contributed by atoms with Crippen molar-refractivity contribution in [1.82, 2.24) is 4.90 Å². The molecular weight excluding hydrogens is 436 g/mol. The van der Waals surface area contributed by atoms with Crippen LogP contribution in [0.15, 0.2) is 75.6 Å². The Kier molecular flexibility index (Phi) is 8.33. The van der Waals surface area contributed by atoms with Gasteiger partial charge in [0.15, 0.2) is 0 Å². The van der Waals surface area contributed by atoms with E-state index in [1.54, 1.807) is 0 Å². The quantitative estimate of drug-likeness (QED) is 0.432. The topological polar surface area (TPSA) is 87.6 Å². The fourth-order valence-electron chi connectivity index (χ4n) is 4.98. The maximum atomic E-state index is 6.06. The van der Waals surface area contributed by atoms with Crippen LogP contribution in [0.2, 0.25) is 0 Å². The lowest BCUT2D eigenvalue weighted by atomic mass is 9.70. The van der Waals surface area contributed by atoms with E-state index in [0.717, 1.165) is 35.8 Å². The molecular formula is C28H40N6O. The standard InChI is InChI=1S/C28H40N6O/c1-8-10-25(33-21(3)29)34-24-16-27(4,5)18-35-14-13-28(24,6)23(17-30-7)26(34)32-19-31-22-12-9-11-20(2)15-22/h8-12,15,17,24,31H,3,7,13-14,16,18-19,29H2,1-2,4-6H3/b10-8-,23-17+,32-26+,33-25+/t24-,28-/m1/s1. The number of hydrogen-bond acceptors (Lipinski definition) is 6. The molecule has 2 fully saturated rings. The lowest BCUT2D eigenvalue weighted by molar-refractivity contribution is 0.0000221. The van der Waals surface area contributed by atoms with E-state index in [9.17, 15) is 0 Å². The van der Waals surface area contributed by atoms with E-state index in [-0.39, 0.29) is 22.7 Å². The van der Waals surface area contributed by atoms with E-state index < -0.39 is 0 Å². The SMILES string of the molecule is C=N/C=C1\C(=N/CNc2cccc(C)c2)N(C(/C=C\C)=N/C(=C)N)[C@@H]2CC(C)(C)COCC[C@]12C. The summed E-state index contributed by atoms with van der Waals surface area (Å²) in [6.07, 6.45) is 7.50. The highest BCUT2D eigenvalue weighted by Gasteiger charge is 2.54. The number of likely N-dealkylation sites (tertiary alicyclic amines) is 1. The number of hydrogen-bond donors (Lipinski definition) is 2. The Morgan fingerprint density at radius 1 is 1.34 bits per heavy atom. The number of nitrogens with two attached hydrogens (primary N) is 1. The van der Waals surface area contributed by atoms with Gasteiger partial charge >= 0.3 is 0 Å². The Bertz CT molecular complexity index is 1070. The second kappa shape index (κ2) is 11.0. The minimum absolute atomic E-state index is 0.0344. The van der Waals surface area contributed by atoms with Gasteiger partial charge in [-0.05, 0) is 62.6 Å². The molecule has 3 N–H and O–H groups in total. The third kappa shape index (κ3) is 6.09. The smallest absolute Gasteiger partial charge is 0.136 e. The van der Waals surface area contributed by atoms with Crippen molar-refractivity contribution < 1.29 is 4.74 Å². The summed E-state index contributed by atoms with van der Waals surface area (Å²) in [6.45, 7) is 20.2. The van der Waals surface area contributed by atoms with Crippen molar-refractivity contribution in [2.75, 3.05) is 25.2 Å². The first kappa shape index (κ1) is 26.4. The third-order valence-corrected chi connectivity index (χ3v) is 6.71. The number of aliphatic imine (C=N–C) groups is 3. The highest BCUT2D eigenvalue weighted by atomic mass is 16.5. The summed E-state index contributed by atoms with van der Waals surface area (Å²) >= 11 is 0. The van der Waals surface area contributed by atoms with Crippen LogP contribution in [0.5, 0.6) is 0 Å². The monoisotopic (exact) mass is 476 g/mol. The van der Waals surface area contributed by atoms with E-state index >= 15 is 0 Å². The molecule has 0 unspecified atom stereocenters. The van der Waals surface area contributed by atoms with Crippen molar-refractivity contribution >= 4 is 24.1 Å². The zero-order valence-electron chi connectivity index (χ0n) is 21.8. The number of benzene rings is 1. The Hall–Kier alpha value is -3.19. The molecule has 2 atom stereocenters. The third-order valence-electron chi connectivity index (χ3n) is 6.71. The van der Waals surface area contributed by atoms with E-state index in [2.05, 4.69) is 73.3 Å². The van der Waals surface area contributed by atoms with Gasteiger partial charge in [0, 0.05) is 35.5 Å². The number of aryl methyl sites for hydroxylation is 1. The molecule has 2 aliphatic rings. The van der Waals surface area contributed by atoms with E-state index in [1.807, 2.05) is 37.4 Å². The van der Waals surface area contributed by atoms with Gasteiger partial charge in [-0.25, -0.2) is 9.98 Å². The van der Waals surface area contributed by atoms with Crippen molar-refractivity contribution in [3.8, 4) is 0 Å². The second-order valence-electron chi connectivity index (χ2n) is 10.3. The van der Waals surface area contributed by atoms with Crippen LogP contribution < -0.4 is 11.1 Å². The van der Waals surface area contributed by atoms with Gasteiger partial charge in [-0.3, -0.25) is 4.99 Å². The Labute approximate surface area is 210 Å². The fourth-order valence-corrected chi connectivity index (χ4v) is 4.98. The average molecular weight is 477 g/mol. The lowest BCUT2D eigenvalue weighted by Crippen LogP contribution is -2.47. The number of anilines is 1. The van der Waals surface area contributed by atoms with Gasteiger partial charge in [-0.2, -0.15) is 0 Å². The molecule has 2 heterocycles. The number of ether oxygens (including phenoxy) is 1. The van der Waals surface area contributed by atoms with Crippen molar-refractivity contribution in [2.45, 2.75) is 53.5 Å². The first-order valence-corrected chi connectivity index (χ1v) is 12.2. The maximum absolute atomic E-state index is 6.06. The van der Waals surface area contributed by atoms with Crippen LogP contribution in [0.1, 0.15) is 46.1 Å². The summed E-state index contributed by atoms with van der Waals surface area (Å²) in [7, 11) is 0. The Morgan fingerprint density at radius 3 is 2.77 bits per heavy atom. The summed E-state index contributed by atoms with van der Waals surface area (Å²) in [5.41, 5.74) is 8.92. The van der Waals surface area contributed by atoms with Gasteiger partial charge in [0.1, 0.15) is 24.2 Å². The Morgan fingerprint density at radius 2 is 2.11 bits per heavy atom. The molecule has 0 bridgehead atoms. The molecule has 0 aliphatic carbocycles. The zero-order valence-corrected chi connectivity index (χ0v) is 21.8. The van der Waals surface area contributed by atoms with Crippen LogP contribution in [0.25, 0.3) is 0 Å². The van der Waals surface area contributed by atoms with Crippen molar-refractivity contribution in [3.05, 3.63) is 66.2 Å².